The second-order valence-electron chi connectivity index (χ2n) is 3.91. The summed E-state index contributed by atoms with van der Waals surface area (Å²) in [5, 5.41) is 2.86. The van der Waals surface area contributed by atoms with Gasteiger partial charge in [-0.3, -0.25) is 9.78 Å². The summed E-state index contributed by atoms with van der Waals surface area (Å²) in [5.74, 6) is -0.0612. The zero-order valence-electron chi connectivity index (χ0n) is 11.7. The number of amides is 1. The molecule has 100 valence electrons. The number of nitrogens with zero attached hydrogens (tertiary/aromatic N) is 1. The van der Waals surface area contributed by atoms with Gasteiger partial charge >= 0.3 is 0 Å². The highest BCUT2D eigenvalue weighted by Crippen LogP contribution is 2.03. The molecular formula is C16H20N2O. The van der Waals surface area contributed by atoms with Gasteiger partial charge in [0.2, 0.25) is 0 Å². The van der Waals surface area contributed by atoms with Crippen molar-refractivity contribution >= 4 is 5.91 Å². The maximum Gasteiger partial charge on any atom is 0.251 e. The molecule has 0 bridgehead atoms. The Labute approximate surface area is 114 Å². The summed E-state index contributed by atoms with van der Waals surface area (Å²) < 4.78 is 0. The Morgan fingerprint density at radius 1 is 1.16 bits per heavy atom. The summed E-state index contributed by atoms with van der Waals surface area (Å²) in [6.45, 7) is 6.50. The van der Waals surface area contributed by atoms with Crippen molar-refractivity contribution in [1.82, 2.24) is 10.3 Å². The number of benzene rings is 1. The third-order valence-electron chi connectivity index (χ3n) is 2.49. The van der Waals surface area contributed by atoms with Gasteiger partial charge in [0.25, 0.3) is 5.91 Å². The average Bonchev–Trinajstić information content (AvgIpc) is 2.49. The van der Waals surface area contributed by atoms with E-state index in [2.05, 4.69) is 10.3 Å². The highest BCUT2D eigenvalue weighted by molar-refractivity contribution is 5.94. The van der Waals surface area contributed by atoms with Gasteiger partial charge < -0.3 is 5.32 Å². The van der Waals surface area contributed by atoms with Crippen molar-refractivity contribution < 1.29 is 4.79 Å². The lowest BCUT2D eigenvalue weighted by atomic mass is 10.1. The number of carbonyl (C=O) groups excluding carboxylic acids is 1. The van der Waals surface area contributed by atoms with Crippen LogP contribution in [0.2, 0.25) is 0 Å². The van der Waals surface area contributed by atoms with Crippen molar-refractivity contribution in [2.45, 2.75) is 27.3 Å². The number of carbonyl (C=O) groups is 1. The minimum atomic E-state index is -0.0612. The second kappa shape index (κ2) is 8.03. The maximum absolute atomic E-state index is 11.8. The minimum absolute atomic E-state index is 0.0612. The van der Waals surface area contributed by atoms with E-state index in [1.165, 1.54) is 0 Å². The minimum Gasteiger partial charge on any atom is -0.348 e. The van der Waals surface area contributed by atoms with E-state index < -0.39 is 0 Å². The lowest BCUT2D eigenvalue weighted by Crippen LogP contribution is -2.22. The van der Waals surface area contributed by atoms with Crippen LogP contribution in [0, 0.1) is 6.92 Å². The molecule has 1 amide bonds. The molecule has 0 radical (unpaired) electrons. The number of hydrogen-bond acceptors (Lipinski definition) is 2. The Hall–Kier alpha value is -2.16. The Morgan fingerprint density at radius 2 is 1.84 bits per heavy atom. The van der Waals surface area contributed by atoms with Crippen LogP contribution >= 0.6 is 0 Å². The third kappa shape index (κ3) is 4.92. The van der Waals surface area contributed by atoms with Gasteiger partial charge in [-0.2, -0.15) is 0 Å². The van der Waals surface area contributed by atoms with Crippen LogP contribution in [0.3, 0.4) is 0 Å². The number of nitrogens with one attached hydrogen (secondary N) is 1. The van der Waals surface area contributed by atoms with E-state index in [0.29, 0.717) is 12.1 Å². The fourth-order valence-electron chi connectivity index (χ4n) is 1.49. The zero-order chi connectivity index (χ0) is 14.1. The van der Waals surface area contributed by atoms with Crippen molar-refractivity contribution in [3.8, 4) is 0 Å². The van der Waals surface area contributed by atoms with Gasteiger partial charge in [-0.15, -0.1) is 0 Å². The quantitative estimate of drug-likeness (QED) is 0.915. The molecule has 0 unspecified atom stereocenters. The summed E-state index contributed by atoms with van der Waals surface area (Å²) in [5.41, 5.74) is 2.82. The number of hydrogen-bond donors (Lipinski definition) is 1. The lowest BCUT2D eigenvalue weighted by molar-refractivity contribution is 0.0951. The molecule has 1 aromatic carbocycles. The molecule has 0 aliphatic carbocycles. The summed E-state index contributed by atoms with van der Waals surface area (Å²) in [6.07, 6.45) is 3.46. The Balaban J connectivity index is 0.000000861. The molecule has 0 atom stereocenters. The molecule has 1 N–H and O–H groups in total. The molecule has 2 aromatic rings. The van der Waals surface area contributed by atoms with Gasteiger partial charge in [0.15, 0.2) is 0 Å². The first-order chi connectivity index (χ1) is 9.25. The predicted molar refractivity (Wildman–Crippen MR) is 77.9 cm³/mol. The molecule has 3 heteroatoms. The normalized spacial score (nSPS) is 9.21. The van der Waals surface area contributed by atoms with E-state index in [1.54, 1.807) is 12.4 Å². The van der Waals surface area contributed by atoms with Crippen molar-refractivity contribution in [2.24, 2.45) is 0 Å². The fraction of sp³-hybridized carbons (Fsp3) is 0.250. The molecule has 0 fully saturated rings. The molecule has 3 nitrogen and oxygen atoms in total. The molecular weight excluding hydrogens is 236 g/mol. The zero-order valence-corrected chi connectivity index (χ0v) is 11.7. The number of aryl methyl sites for hydroxylation is 1. The van der Waals surface area contributed by atoms with Crippen molar-refractivity contribution in [2.75, 3.05) is 0 Å². The number of aromatic nitrogens is 1. The van der Waals surface area contributed by atoms with Crippen molar-refractivity contribution in [3.05, 3.63) is 65.5 Å². The van der Waals surface area contributed by atoms with Gasteiger partial charge in [-0.05, 0) is 30.7 Å². The fourth-order valence-corrected chi connectivity index (χ4v) is 1.49. The summed E-state index contributed by atoms with van der Waals surface area (Å²) in [6, 6.07) is 11.3. The van der Waals surface area contributed by atoms with E-state index in [4.69, 9.17) is 0 Å². The summed E-state index contributed by atoms with van der Waals surface area (Å²) in [4.78, 5) is 15.8. The van der Waals surface area contributed by atoms with E-state index in [0.717, 1.165) is 11.1 Å². The smallest absolute Gasteiger partial charge is 0.251 e. The lowest BCUT2D eigenvalue weighted by Gasteiger charge is -2.05. The van der Waals surface area contributed by atoms with E-state index >= 15 is 0 Å². The first-order valence-electron chi connectivity index (χ1n) is 6.49. The summed E-state index contributed by atoms with van der Waals surface area (Å²) in [7, 11) is 0. The van der Waals surface area contributed by atoms with Crippen LogP contribution in [0.25, 0.3) is 0 Å². The highest BCUT2D eigenvalue weighted by Gasteiger charge is 2.04. The first-order valence-corrected chi connectivity index (χ1v) is 6.49. The molecule has 19 heavy (non-hydrogen) atoms. The van der Waals surface area contributed by atoms with Gasteiger partial charge in [-0.1, -0.05) is 37.6 Å². The van der Waals surface area contributed by atoms with Crippen LogP contribution in [0.1, 0.15) is 35.3 Å². The van der Waals surface area contributed by atoms with Gasteiger partial charge in [0, 0.05) is 24.5 Å². The Kier molecular flexibility index (Phi) is 6.30. The van der Waals surface area contributed by atoms with Crippen LogP contribution < -0.4 is 5.32 Å². The summed E-state index contributed by atoms with van der Waals surface area (Å²) >= 11 is 0. The van der Waals surface area contributed by atoms with Gasteiger partial charge in [0.05, 0.1) is 0 Å². The molecule has 0 saturated carbocycles. The van der Waals surface area contributed by atoms with Crippen LogP contribution in [0.5, 0.6) is 0 Å². The molecule has 1 aromatic heterocycles. The maximum atomic E-state index is 11.8. The molecule has 0 saturated heterocycles. The molecule has 1 heterocycles. The standard InChI is InChI=1S/C14H14N2O.C2H6/c1-11-4-6-13(7-5-11)14(17)16-10-12-3-2-8-15-9-12;1-2/h2-9H,10H2,1H3,(H,16,17);1-2H3. The molecule has 0 spiro atoms. The highest BCUT2D eigenvalue weighted by atomic mass is 16.1. The van der Waals surface area contributed by atoms with Crippen molar-refractivity contribution in [1.29, 1.82) is 0 Å². The SMILES string of the molecule is CC.Cc1ccc(C(=O)NCc2cccnc2)cc1. The molecule has 0 aliphatic heterocycles. The third-order valence-corrected chi connectivity index (χ3v) is 2.49. The monoisotopic (exact) mass is 256 g/mol. The number of pyridine rings is 1. The van der Waals surface area contributed by atoms with Crippen LogP contribution in [-0.2, 0) is 6.54 Å². The van der Waals surface area contributed by atoms with E-state index in [1.807, 2.05) is 57.2 Å². The number of rotatable bonds is 3. The van der Waals surface area contributed by atoms with Crippen molar-refractivity contribution in [3.63, 3.8) is 0 Å². The topological polar surface area (TPSA) is 42.0 Å². The van der Waals surface area contributed by atoms with Gasteiger partial charge in [-0.25, -0.2) is 0 Å². The largest absolute Gasteiger partial charge is 0.348 e. The van der Waals surface area contributed by atoms with E-state index in [9.17, 15) is 4.79 Å². The van der Waals surface area contributed by atoms with Crippen LogP contribution in [0.15, 0.2) is 48.8 Å². The second-order valence-corrected chi connectivity index (χ2v) is 3.91. The van der Waals surface area contributed by atoms with E-state index in [-0.39, 0.29) is 5.91 Å². The molecule has 2 rings (SSSR count). The van der Waals surface area contributed by atoms with Crippen LogP contribution in [0.4, 0.5) is 0 Å². The predicted octanol–water partition coefficient (Wildman–Crippen LogP) is 3.35. The average molecular weight is 256 g/mol. The van der Waals surface area contributed by atoms with Crippen LogP contribution in [-0.4, -0.2) is 10.9 Å². The van der Waals surface area contributed by atoms with Gasteiger partial charge in [0.1, 0.15) is 0 Å². The Bertz CT molecular complexity index is 492. The first kappa shape index (κ1) is 14.9. The Morgan fingerprint density at radius 3 is 2.42 bits per heavy atom. The molecule has 0 aliphatic rings.